The molecule has 0 fully saturated rings. The molecule has 4 heteroatoms. The Morgan fingerprint density at radius 2 is 1.86 bits per heavy atom. The summed E-state index contributed by atoms with van der Waals surface area (Å²) in [6.45, 7) is 11.7. The molecule has 0 bridgehead atoms. The van der Waals surface area contributed by atoms with Crippen LogP contribution in [0.25, 0.3) is 10.6 Å². The van der Waals surface area contributed by atoms with E-state index in [9.17, 15) is 0 Å². The number of hydrogen-bond acceptors (Lipinski definition) is 4. The third-order valence-corrected chi connectivity index (χ3v) is 5.18. The summed E-state index contributed by atoms with van der Waals surface area (Å²) >= 11 is 3.66. The number of nitrogens with zero attached hydrogens (tertiary/aromatic N) is 1. The van der Waals surface area contributed by atoms with Crippen LogP contribution in [0.2, 0.25) is 0 Å². The molecule has 1 N–H and O–H groups in total. The molecule has 0 unspecified atom stereocenters. The lowest BCUT2D eigenvalue weighted by molar-refractivity contribution is 0.425. The molecule has 2 nitrogen and oxygen atoms in total. The van der Waals surface area contributed by atoms with E-state index in [1.54, 1.807) is 11.3 Å². The molecule has 1 aromatic carbocycles. The second-order valence-electron chi connectivity index (χ2n) is 6.09. The van der Waals surface area contributed by atoms with Crippen LogP contribution in [0.3, 0.4) is 0 Å². The van der Waals surface area contributed by atoms with Crippen molar-refractivity contribution in [2.45, 2.75) is 51.6 Å². The minimum atomic E-state index is 0.135. The number of nitrogens with one attached hydrogen (secondary N) is 1. The molecule has 0 aliphatic heterocycles. The fraction of sp³-hybridized carbons (Fsp3) is 0.471. The van der Waals surface area contributed by atoms with Crippen molar-refractivity contribution in [3.05, 3.63) is 34.8 Å². The number of aryl methyl sites for hydroxylation is 1. The number of hydrogen-bond donors (Lipinski definition) is 1. The molecule has 1 aromatic heterocycles. The van der Waals surface area contributed by atoms with Gasteiger partial charge in [-0.15, -0.1) is 23.1 Å². The first-order valence-corrected chi connectivity index (χ1v) is 9.14. The predicted molar refractivity (Wildman–Crippen MR) is 95.3 cm³/mol. The Morgan fingerprint density at radius 3 is 2.43 bits per heavy atom. The van der Waals surface area contributed by atoms with Gasteiger partial charge in [-0.05, 0) is 45.6 Å². The molecule has 0 atom stereocenters. The lowest BCUT2D eigenvalue weighted by Gasteiger charge is -2.19. The summed E-state index contributed by atoms with van der Waals surface area (Å²) in [4.78, 5) is 7.38. The van der Waals surface area contributed by atoms with Crippen LogP contribution in [0.1, 0.15) is 38.3 Å². The summed E-state index contributed by atoms with van der Waals surface area (Å²) < 4.78 is 0. The molecule has 0 amide bonds. The number of thiazole rings is 1. The average Bonchev–Trinajstić information content (AvgIpc) is 2.78. The Hall–Kier alpha value is -0.840. The topological polar surface area (TPSA) is 24.9 Å². The molecule has 2 rings (SSSR count). The Labute approximate surface area is 136 Å². The van der Waals surface area contributed by atoms with E-state index in [1.807, 2.05) is 11.8 Å². The summed E-state index contributed by atoms with van der Waals surface area (Å²) in [6, 6.07) is 8.73. The zero-order valence-electron chi connectivity index (χ0n) is 13.5. The SMILES string of the molecule is CCSc1ccc(-c2nc(C)c(CNC(C)(C)C)s2)cc1. The van der Waals surface area contributed by atoms with Crippen LogP contribution in [0, 0.1) is 6.92 Å². The number of aromatic nitrogens is 1. The van der Waals surface area contributed by atoms with E-state index in [0.29, 0.717) is 0 Å². The highest BCUT2D eigenvalue weighted by molar-refractivity contribution is 7.99. The van der Waals surface area contributed by atoms with Crippen LogP contribution < -0.4 is 5.32 Å². The monoisotopic (exact) mass is 320 g/mol. The first-order valence-electron chi connectivity index (χ1n) is 7.33. The van der Waals surface area contributed by atoms with Gasteiger partial charge >= 0.3 is 0 Å². The standard InChI is InChI=1S/C17H24N2S2/c1-6-20-14-9-7-13(8-10-14)16-19-12(2)15(21-16)11-18-17(3,4)5/h7-10,18H,6,11H2,1-5H3. The van der Waals surface area contributed by atoms with Crippen LogP contribution in [0.4, 0.5) is 0 Å². The Kier molecular flexibility index (Phi) is 5.47. The molecule has 0 saturated heterocycles. The van der Waals surface area contributed by atoms with Crippen LogP contribution in [-0.2, 0) is 6.54 Å². The van der Waals surface area contributed by atoms with Crippen molar-refractivity contribution in [2.24, 2.45) is 0 Å². The van der Waals surface area contributed by atoms with Gasteiger partial charge in [0.15, 0.2) is 0 Å². The highest BCUT2D eigenvalue weighted by Gasteiger charge is 2.13. The zero-order valence-corrected chi connectivity index (χ0v) is 15.1. The quantitative estimate of drug-likeness (QED) is 0.774. The summed E-state index contributed by atoms with van der Waals surface area (Å²) in [5, 5.41) is 4.65. The maximum absolute atomic E-state index is 4.73. The summed E-state index contributed by atoms with van der Waals surface area (Å²) in [5.74, 6) is 1.11. The minimum Gasteiger partial charge on any atom is -0.307 e. The van der Waals surface area contributed by atoms with Crippen molar-refractivity contribution in [3.8, 4) is 10.6 Å². The van der Waals surface area contributed by atoms with Gasteiger partial charge in [0.25, 0.3) is 0 Å². The maximum Gasteiger partial charge on any atom is 0.123 e. The van der Waals surface area contributed by atoms with Gasteiger partial charge in [-0.1, -0.05) is 19.1 Å². The lowest BCUT2D eigenvalue weighted by atomic mass is 10.1. The third-order valence-electron chi connectivity index (χ3n) is 3.08. The average molecular weight is 321 g/mol. The van der Waals surface area contributed by atoms with Crippen molar-refractivity contribution in [1.29, 1.82) is 0 Å². The van der Waals surface area contributed by atoms with Crippen molar-refractivity contribution in [1.82, 2.24) is 10.3 Å². The molecule has 114 valence electrons. The first-order chi connectivity index (χ1) is 9.89. The van der Waals surface area contributed by atoms with Crippen LogP contribution in [0.15, 0.2) is 29.2 Å². The summed E-state index contributed by atoms with van der Waals surface area (Å²) in [7, 11) is 0. The molecule has 0 saturated carbocycles. The van der Waals surface area contributed by atoms with Gasteiger partial charge in [-0.3, -0.25) is 0 Å². The van der Waals surface area contributed by atoms with E-state index in [0.717, 1.165) is 23.0 Å². The Morgan fingerprint density at radius 1 is 1.19 bits per heavy atom. The minimum absolute atomic E-state index is 0.135. The lowest BCUT2D eigenvalue weighted by Crippen LogP contribution is -2.34. The molecule has 2 aromatic rings. The molecule has 0 aliphatic carbocycles. The fourth-order valence-corrected chi connectivity index (χ4v) is 3.59. The second kappa shape index (κ2) is 6.95. The molecule has 0 radical (unpaired) electrons. The normalized spacial score (nSPS) is 11.9. The van der Waals surface area contributed by atoms with Gasteiger partial charge in [0.1, 0.15) is 5.01 Å². The van der Waals surface area contributed by atoms with E-state index < -0.39 is 0 Å². The fourth-order valence-electron chi connectivity index (χ4n) is 1.92. The van der Waals surface area contributed by atoms with Crippen LogP contribution in [-0.4, -0.2) is 16.3 Å². The van der Waals surface area contributed by atoms with E-state index in [1.165, 1.54) is 15.3 Å². The smallest absolute Gasteiger partial charge is 0.123 e. The van der Waals surface area contributed by atoms with Gasteiger partial charge in [0, 0.05) is 27.4 Å². The van der Waals surface area contributed by atoms with Crippen LogP contribution >= 0.6 is 23.1 Å². The molecular weight excluding hydrogens is 296 g/mol. The zero-order chi connectivity index (χ0) is 15.5. The van der Waals surface area contributed by atoms with Gasteiger partial charge in [0.05, 0.1) is 5.69 Å². The number of rotatable bonds is 5. The van der Waals surface area contributed by atoms with Crippen LogP contribution in [0.5, 0.6) is 0 Å². The highest BCUT2D eigenvalue weighted by atomic mass is 32.2. The molecule has 21 heavy (non-hydrogen) atoms. The highest BCUT2D eigenvalue weighted by Crippen LogP contribution is 2.29. The maximum atomic E-state index is 4.73. The Balaban J connectivity index is 2.14. The van der Waals surface area contributed by atoms with Gasteiger partial charge in [-0.25, -0.2) is 4.98 Å². The third kappa shape index (κ3) is 4.83. The van der Waals surface area contributed by atoms with E-state index in [4.69, 9.17) is 4.98 Å². The van der Waals surface area contributed by atoms with Crippen molar-refractivity contribution in [3.63, 3.8) is 0 Å². The predicted octanol–water partition coefficient (Wildman–Crippen LogP) is 5.12. The van der Waals surface area contributed by atoms with Crippen molar-refractivity contribution in [2.75, 3.05) is 5.75 Å². The van der Waals surface area contributed by atoms with Gasteiger partial charge in [-0.2, -0.15) is 0 Å². The molecule has 1 heterocycles. The van der Waals surface area contributed by atoms with E-state index in [-0.39, 0.29) is 5.54 Å². The summed E-state index contributed by atoms with van der Waals surface area (Å²) in [6.07, 6.45) is 0. The molecule has 0 spiro atoms. The van der Waals surface area contributed by atoms with Crippen molar-refractivity contribution < 1.29 is 0 Å². The number of thioether (sulfide) groups is 1. The molecular formula is C17H24N2S2. The molecule has 0 aliphatic rings. The number of benzene rings is 1. The van der Waals surface area contributed by atoms with Gasteiger partial charge < -0.3 is 5.32 Å². The van der Waals surface area contributed by atoms with E-state index >= 15 is 0 Å². The van der Waals surface area contributed by atoms with E-state index in [2.05, 4.69) is 64.2 Å². The van der Waals surface area contributed by atoms with Crippen molar-refractivity contribution >= 4 is 23.1 Å². The second-order valence-corrected chi connectivity index (χ2v) is 8.51. The summed E-state index contributed by atoms with van der Waals surface area (Å²) in [5.41, 5.74) is 2.49. The van der Waals surface area contributed by atoms with Gasteiger partial charge in [0.2, 0.25) is 0 Å². The first kappa shape index (κ1) is 16.5. The largest absolute Gasteiger partial charge is 0.307 e. The Bertz CT molecular complexity index is 580.